The van der Waals surface area contributed by atoms with Crippen molar-refractivity contribution in [3.05, 3.63) is 57.7 Å². The van der Waals surface area contributed by atoms with Gasteiger partial charge in [-0.1, -0.05) is 18.2 Å². The second kappa shape index (κ2) is 7.17. The van der Waals surface area contributed by atoms with E-state index in [0.717, 1.165) is 5.75 Å². The van der Waals surface area contributed by atoms with E-state index in [4.69, 9.17) is 0 Å². The standard InChI is InChI=1S/C15H16BrNS2/c1-3-9-18-14-7-5-4-6-13(14)17-11(2)15-12(16)8-10-19-15/h3-8,10-11,17H,1,9H2,2H3. The second-order valence-electron chi connectivity index (χ2n) is 4.09. The molecule has 0 saturated heterocycles. The summed E-state index contributed by atoms with van der Waals surface area (Å²) in [5, 5.41) is 5.70. The Morgan fingerprint density at radius 1 is 1.42 bits per heavy atom. The number of hydrogen-bond donors (Lipinski definition) is 1. The Balaban J connectivity index is 2.14. The number of rotatable bonds is 6. The van der Waals surface area contributed by atoms with Gasteiger partial charge in [-0.15, -0.1) is 29.7 Å². The number of halogens is 1. The normalized spacial score (nSPS) is 12.1. The van der Waals surface area contributed by atoms with Gasteiger partial charge in [0, 0.05) is 25.7 Å². The van der Waals surface area contributed by atoms with Crippen LogP contribution in [0.25, 0.3) is 0 Å². The minimum atomic E-state index is 0.292. The molecule has 0 aliphatic carbocycles. The lowest BCUT2D eigenvalue weighted by Gasteiger charge is -2.17. The van der Waals surface area contributed by atoms with Crippen LogP contribution in [0, 0.1) is 0 Å². The van der Waals surface area contributed by atoms with Crippen LogP contribution in [-0.4, -0.2) is 5.75 Å². The third-order valence-corrected chi connectivity index (χ3v) is 5.78. The number of para-hydroxylation sites is 1. The molecular formula is C15H16BrNS2. The van der Waals surface area contributed by atoms with E-state index in [1.165, 1.54) is 19.9 Å². The summed E-state index contributed by atoms with van der Waals surface area (Å²) in [7, 11) is 0. The molecule has 100 valence electrons. The highest BCUT2D eigenvalue weighted by molar-refractivity contribution is 9.10. The van der Waals surface area contributed by atoms with Crippen molar-refractivity contribution in [3.8, 4) is 0 Å². The van der Waals surface area contributed by atoms with Crippen molar-refractivity contribution in [1.82, 2.24) is 0 Å². The number of thioether (sulfide) groups is 1. The molecule has 1 aromatic heterocycles. The molecule has 1 unspecified atom stereocenters. The first-order valence-corrected chi connectivity index (χ1v) is 8.70. The summed E-state index contributed by atoms with van der Waals surface area (Å²) < 4.78 is 1.17. The summed E-state index contributed by atoms with van der Waals surface area (Å²) in [5.74, 6) is 0.926. The van der Waals surface area contributed by atoms with E-state index in [1.54, 1.807) is 23.1 Å². The van der Waals surface area contributed by atoms with Gasteiger partial charge in [0.25, 0.3) is 0 Å². The van der Waals surface area contributed by atoms with E-state index in [-0.39, 0.29) is 0 Å². The fraction of sp³-hybridized carbons (Fsp3) is 0.200. The number of anilines is 1. The molecule has 1 N–H and O–H groups in total. The van der Waals surface area contributed by atoms with E-state index in [0.29, 0.717) is 6.04 Å². The molecule has 2 aromatic rings. The van der Waals surface area contributed by atoms with Gasteiger partial charge in [0.05, 0.1) is 6.04 Å². The van der Waals surface area contributed by atoms with Crippen molar-refractivity contribution in [2.24, 2.45) is 0 Å². The molecule has 0 amide bonds. The van der Waals surface area contributed by atoms with Crippen molar-refractivity contribution in [1.29, 1.82) is 0 Å². The maximum absolute atomic E-state index is 3.77. The maximum atomic E-state index is 3.77. The van der Waals surface area contributed by atoms with E-state index >= 15 is 0 Å². The number of hydrogen-bond acceptors (Lipinski definition) is 3. The van der Waals surface area contributed by atoms with Crippen LogP contribution in [0.1, 0.15) is 17.8 Å². The molecule has 2 rings (SSSR count). The highest BCUT2D eigenvalue weighted by Crippen LogP contribution is 2.34. The summed E-state index contributed by atoms with van der Waals surface area (Å²) in [6, 6.07) is 10.8. The maximum Gasteiger partial charge on any atom is 0.0590 e. The topological polar surface area (TPSA) is 12.0 Å². The van der Waals surface area contributed by atoms with Crippen molar-refractivity contribution >= 4 is 44.7 Å². The van der Waals surface area contributed by atoms with Crippen LogP contribution >= 0.6 is 39.0 Å². The molecule has 0 spiro atoms. The molecule has 0 saturated carbocycles. The van der Waals surface area contributed by atoms with Crippen LogP contribution < -0.4 is 5.32 Å². The fourth-order valence-electron chi connectivity index (χ4n) is 1.77. The summed E-state index contributed by atoms with van der Waals surface area (Å²) >= 11 is 7.16. The molecule has 1 nitrogen and oxygen atoms in total. The zero-order chi connectivity index (χ0) is 13.7. The zero-order valence-electron chi connectivity index (χ0n) is 10.7. The zero-order valence-corrected chi connectivity index (χ0v) is 13.9. The van der Waals surface area contributed by atoms with Gasteiger partial charge < -0.3 is 5.32 Å². The Kier molecular flexibility index (Phi) is 5.55. The van der Waals surface area contributed by atoms with Crippen LogP contribution in [-0.2, 0) is 0 Å². The monoisotopic (exact) mass is 353 g/mol. The quantitative estimate of drug-likeness (QED) is 0.507. The van der Waals surface area contributed by atoms with Gasteiger partial charge in [0.1, 0.15) is 0 Å². The molecule has 0 radical (unpaired) electrons. The van der Waals surface area contributed by atoms with Crippen LogP contribution in [0.4, 0.5) is 5.69 Å². The van der Waals surface area contributed by atoms with Crippen LogP contribution in [0.3, 0.4) is 0 Å². The molecule has 1 heterocycles. The van der Waals surface area contributed by atoms with Crippen LogP contribution in [0.5, 0.6) is 0 Å². The van der Waals surface area contributed by atoms with E-state index in [2.05, 4.69) is 70.5 Å². The molecule has 1 aromatic carbocycles. The van der Waals surface area contributed by atoms with Crippen LogP contribution in [0.2, 0.25) is 0 Å². The number of thiophene rings is 1. The van der Waals surface area contributed by atoms with Gasteiger partial charge in [-0.25, -0.2) is 0 Å². The predicted molar refractivity (Wildman–Crippen MR) is 91.4 cm³/mol. The lowest BCUT2D eigenvalue weighted by molar-refractivity contribution is 0.897. The van der Waals surface area contributed by atoms with Gasteiger partial charge in [-0.3, -0.25) is 0 Å². The molecule has 4 heteroatoms. The van der Waals surface area contributed by atoms with Gasteiger partial charge in [0.15, 0.2) is 0 Å². The highest BCUT2D eigenvalue weighted by atomic mass is 79.9. The molecule has 0 aliphatic rings. The highest BCUT2D eigenvalue weighted by Gasteiger charge is 2.12. The average Bonchev–Trinajstić information content (AvgIpc) is 2.84. The molecule has 0 fully saturated rings. The average molecular weight is 354 g/mol. The SMILES string of the molecule is C=CCSc1ccccc1NC(C)c1sccc1Br. The summed E-state index contributed by atoms with van der Waals surface area (Å²) in [4.78, 5) is 2.59. The van der Waals surface area contributed by atoms with E-state index in [1.807, 2.05) is 6.08 Å². The molecule has 0 aliphatic heterocycles. The summed E-state index contributed by atoms with van der Waals surface area (Å²) in [6.07, 6.45) is 1.93. The Hall–Kier alpha value is -0.710. The number of benzene rings is 1. The number of nitrogens with one attached hydrogen (secondary N) is 1. The summed E-state index contributed by atoms with van der Waals surface area (Å²) in [6.45, 7) is 5.96. The third kappa shape index (κ3) is 3.88. The van der Waals surface area contributed by atoms with Crippen molar-refractivity contribution < 1.29 is 0 Å². The van der Waals surface area contributed by atoms with Gasteiger partial charge in [0.2, 0.25) is 0 Å². The Morgan fingerprint density at radius 2 is 2.21 bits per heavy atom. The molecule has 19 heavy (non-hydrogen) atoms. The lowest BCUT2D eigenvalue weighted by Crippen LogP contribution is -2.06. The molecular weight excluding hydrogens is 338 g/mol. The van der Waals surface area contributed by atoms with E-state index in [9.17, 15) is 0 Å². The van der Waals surface area contributed by atoms with Crippen molar-refractivity contribution in [2.45, 2.75) is 17.9 Å². The van der Waals surface area contributed by atoms with Gasteiger partial charge >= 0.3 is 0 Å². The van der Waals surface area contributed by atoms with Crippen LogP contribution in [0.15, 0.2) is 57.7 Å². The van der Waals surface area contributed by atoms with Crippen molar-refractivity contribution in [3.63, 3.8) is 0 Å². The molecule has 0 bridgehead atoms. The second-order valence-corrected chi connectivity index (χ2v) is 6.96. The Morgan fingerprint density at radius 3 is 2.89 bits per heavy atom. The van der Waals surface area contributed by atoms with Gasteiger partial charge in [-0.2, -0.15) is 0 Å². The minimum Gasteiger partial charge on any atom is -0.377 e. The first kappa shape index (κ1) is 14.7. The minimum absolute atomic E-state index is 0.292. The first-order valence-electron chi connectivity index (χ1n) is 6.04. The smallest absolute Gasteiger partial charge is 0.0590 e. The van der Waals surface area contributed by atoms with E-state index < -0.39 is 0 Å². The van der Waals surface area contributed by atoms with Crippen molar-refractivity contribution in [2.75, 3.05) is 11.1 Å². The first-order chi connectivity index (χ1) is 9.22. The summed E-state index contributed by atoms with van der Waals surface area (Å²) in [5.41, 5.74) is 1.18. The largest absolute Gasteiger partial charge is 0.377 e. The molecule has 1 atom stereocenters. The fourth-order valence-corrected chi connectivity index (χ4v) is 4.25. The Labute approximate surface area is 131 Å². The predicted octanol–water partition coefficient (Wildman–Crippen LogP) is 5.96. The lowest BCUT2D eigenvalue weighted by atomic mass is 10.2. The Bertz CT molecular complexity index is 551. The third-order valence-electron chi connectivity index (χ3n) is 2.65. The van der Waals surface area contributed by atoms with Gasteiger partial charge in [-0.05, 0) is 46.4 Å².